The molecular formula is C16H22N2O. The zero-order valence-corrected chi connectivity index (χ0v) is 11.6. The summed E-state index contributed by atoms with van der Waals surface area (Å²) in [6, 6.07) is 8.32. The van der Waals surface area contributed by atoms with Crippen molar-refractivity contribution in [3.05, 3.63) is 35.6 Å². The summed E-state index contributed by atoms with van der Waals surface area (Å²) in [5.74, 6) is 1.71. The summed E-state index contributed by atoms with van der Waals surface area (Å²) in [5.41, 5.74) is 8.16. The lowest BCUT2D eigenvalue weighted by Gasteiger charge is -2.32. The van der Waals surface area contributed by atoms with Crippen molar-refractivity contribution in [3.63, 3.8) is 0 Å². The number of aryl methyl sites for hydroxylation is 1. The maximum absolute atomic E-state index is 5.84. The molecule has 3 rings (SSSR count). The molecule has 1 aliphatic heterocycles. The van der Waals surface area contributed by atoms with Gasteiger partial charge in [0, 0.05) is 24.0 Å². The van der Waals surface area contributed by atoms with Gasteiger partial charge in [-0.1, -0.05) is 18.2 Å². The fraction of sp³-hybridized carbons (Fsp3) is 0.500. The van der Waals surface area contributed by atoms with Crippen LogP contribution in [0.2, 0.25) is 0 Å². The van der Waals surface area contributed by atoms with Gasteiger partial charge in [0.05, 0.1) is 0 Å². The molecule has 0 saturated carbocycles. The molecule has 2 heterocycles. The van der Waals surface area contributed by atoms with Crippen LogP contribution in [0.15, 0.2) is 28.7 Å². The first-order valence-electron chi connectivity index (χ1n) is 7.17. The maximum Gasteiger partial charge on any atom is 0.134 e. The van der Waals surface area contributed by atoms with E-state index in [4.69, 9.17) is 10.2 Å². The molecule has 1 saturated heterocycles. The predicted octanol–water partition coefficient (Wildman–Crippen LogP) is 2.91. The van der Waals surface area contributed by atoms with Crippen LogP contribution in [0.4, 0.5) is 0 Å². The minimum Gasteiger partial charge on any atom is -0.461 e. The number of hydrogen-bond donors (Lipinski definition) is 1. The Bertz CT molecular complexity index is 561. The smallest absolute Gasteiger partial charge is 0.134 e. The van der Waals surface area contributed by atoms with E-state index in [0.717, 1.165) is 31.0 Å². The number of nitrogens with two attached hydrogens (primary N) is 1. The zero-order valence-electron chi connectivity index (χ0n) is 11.6. The molecule has 1 aromatic heterocycles. The zero-order chi connectivity index (χ0) is 13.2. The van der Waals surface area contributed by atoms with Crippen molar-refractivity contribution in [2.24, 2.45) is 11.7 Å². The fourth-order valence-electron chi connectivity index (χ4n) is 3.13. The van der Waals surface area contributed by atoms with E-state index in [1.54, 1.807) is 0 Å². The first-order chi connectivity index (χ1) is 9.28. The largest absolute Gasteiger partial charge is 0.461 e. The second kappa shape index (κ2) is 5.35. The third-order valence-corrected chi connectivity index (χ3v) is 4.22. The highest BCUT2D eigenvalue weighted by Gasteiger charge is 2.21. The van der Waals surface area contributed by atoms with E-state index in [9.17, 15) is 0 Å². The number of rotatable bonds is 3. The third-order valence-electron chi connectivity index (χ3n) is 4.22. The van der Waals surface area contributed by atoms with E-state index in [-0.39, 0.29) is 0 Å². The van der Waals surface area contributed by atoms with Crippen LogP contribution in [-0.2, 0) is 6.54 Å². The van der Waals surface area contributed by atoms with Crippen LogP contribution < -0.4 is 5.73 Å². The lowest BCUT2D eigenvalue weighted by molar-refractivity contribution is 0.171. The third kappa shape index (κ3) is 2.53. The number of hydrogen-bond acceptors (Lipinski definition) is 3. The molecule has 2 aromatic rings. The molecule has 0 aliphatic carbocycles. The number of likely N-dealkylation sites (tertiary alicyclic amines) is 1. The Balaban J connectivity index is 1.83. The topological polar surface area (TPSA) is 42.4 Å². The SMILES string of the molecule is Cc1oc2ccccc2c1CN1CCCC(CN)C1. The highest BCUT2D eigenvalue weighted by atomic mass is 16.3. The van der Waals surface area contributed by atoms with Crippen LogP contribution >= 0.6 is 0 Å². The molecule has 102 valence electrons. The first kappa shape index (κ1) is 12.7. The molecule has 19 heavy (non-hydrogen) atoms. The van der Waals surface area contributed by atoms with Gasteiger partial charge in [0.25, 0.3) is 0 Å². The Kier molecular flexibility index (Phi) is 3.58. The van der Waals surface area contributed by atoms with Crippen molar-refractivity contribution in [3.8, 4) is 0 Å². The lowest BCUT2D eigenvalue weighted by atomic mass is 9.97. The summed E-state index contributed by atoms with van der Waals surface area (Å²) >= 11 is 0. The van der Waals surface area contributed by atoms with Crippen LogP contribution in [-0.4, -0.2) is 24.5 Å². The van der Waals surface area contributed by atoms with Crippen molar-refractivity contribution >= 4 is 11.0 Å². The molecule has 0 radical (unpaired) electrons. The summed E-state index contributed by atoms with van der Waals surface area (Å²) in [6.07, 6.45) is 2.54. The fourth-order valence-corrected chi connectivity index (χ4v) is 3.13. The summed E-state index contributed by atoms with van der Waals surface area (Å²) in [5, 5.41) is 1.26. The molecular weight excluding hydrogens is 236 g/mol. The maximum atomic E-state index is 5.84. The Morgan fingerprint density at radius 2 is 2.21 bits per heavy atom. The van der Waals surface area contributed by atoms with E-state index >= 15 is 0 Å². The van der Waals surface area contributed by atoms with Gasteiger partial charge < -0.3 is 10.2 Å². The van der Waals surface area contributed by atoms with Gasteiger partial charge in [-0.05, 0) is 44.8 Å². The number of piperidine rings is 1. The molecule has 0 spiro atoms. The number of furan rings is 1. The standard InChI is InChI=1S/C16H22N2O/c1-12-15(14-6-2-3-7-16(14)19-12)11-18-8-4-5-13(9-17)10-18/h2-3,6-7,13H,4-5,8-11,17H2,1H3. The summed E-state index contributed by atoms with van der Waals surface area (Å²) in [7, 11) is 0. The summed E-state index contributed by atoms with van der Waals surface area (Å²) < 4.78 is 5.84. The van der Waals surface area contributed by atoms with Gasteiger partial charge in [-0.2, -0.15) is 0 Å². The molecule has 2 N–H and O–H groups in total. The molecule has 1 atom stereocenters. The normalized spacial score (nSPS) is 21.1. The molecule has 0 amide bonds. The average molecular weight is 258 g/mol. The lowest BCUT2D eigenvalue weighted by Crippen LogP contribution is -2.37. The Hall–Kier alpha value is -1.32. The molecule has 3 heteroatoms. The highest BCUT2D eigenvalue weighted by Crippen LogP contribution is 2.27. The minimum atomic E-state index is 0.659. The second-order valence-corrected chi connectivity index (χ2v) is 5.61. The van der Waals surface area contributed by atoms with Crippen LogP contribution in [0.1, 0.15) is 24.2 Å². The second-order valence-electron chi connectivity index (χ2n) is 5.61. The monoisotopic (exact) mass is 258 g/mol. The van der Waals surface area contributed by atoms with Crippen LogP contribution in [0.3, 0.4) is 0 Å². The van der Waals surface area contributed by atoms with Crippen molar-refractivity contribution < 1.29 is 4.42 Å². The number of nitrogens with zero attached hydrogens (tertiary/aromatic N) is 1. The van der Waals surface area contributed by atoms with Gasteiger partial charge >= 0.3 is 0 Å². The van der Waals surface area contributed by atoms with Gasteiger partial charge in [-0.15, -0.1) is 0 Å². The highest BCUT2D eigenvalue weighted by molar-refractivity contribution is 5.82. The van der Waals surface area contributed by atoms with Gasteiger partial charge in [0.2, 0.25) is 0 Å². The molecule has 3 nitrogen and oxygen atoms in total. The van der Waals surface area contributed by atoms with Gasteiger partial charge in [-0.3, -0.25) is 4.90 Å². The molecule has 1 aromatic carbocycles. The van der Waals surface area contributed by atoms with E-state index < -0.39 is 0 Å². The van der Waals surface area contributed by atoms with Gasteiger partial charge in [0.15, 0.2) is 0 Å². The summed E-state index contributed by atoms with van der Waals surface area (Å²) in [6.45, 7) is 6.16. The minimum absolute atomic E-state index is 0.659. The molecule has 1 fully saturated rings. The Morgan fingerprint density at radius 3 is 3.05 bits per heavy atom. The van der Waals surface area contributed by atoms with Crippen molar-refractivity contribution in [2.75, 3.05) is 19.6 Å². The van der Waals surface area contributed by atoms with Crippen molar-refractivity contribution in [1.29, 1.82) is 0 Å². The van der Waals surface area contributed by atoms with Crippen LogP contribution in [0, 0.1) is 12.8 Å². The van der Waals surface area contributed by atoms with Crippen LogP contribution in [0.5, 0.6) is 0 Å². The number of fused-ring (bicyclic) bond motifs is 1. The summed E-state index contributed by atoms with van der Waals surface area (Å²) in [4.78, 5) is 2.52. The Morgan fingerprint density at radius 1 is 1.37 bits per heavy atom. The van der Waals surface area contributed by atoms with E-state index in [0.29, 0.717) is 5.92 Å². The van der Waals surface area contributed by atoms with Gasteiger partial charge in [0.1, 0.15) is 11.3 Å². The van der Waals surface area contributed by atoms with Crippen LogP contribution in [0.25, 0.3) is 11.0 Å². The van der Waals surface area contributed by atoms with E-state index in [1.807, 2.05) is 12.1 Å². The van der Waals surface area contributed by atoms with Crippen molar-refractivity contribution in [2.45, 2.75) is 26.3 Å². The first-order valence-corrected chi connectivity index (χ1v) is 7.17. The van der Waals surface area contributed by atoms with E-state index in [1.165, 1.54) is 30.3 Å². The van der Waals surface area contributed by atoms with Crippen molar-refractivity contribution in [1.82, 2.24) is 4.90 Å². The molecule has 1 unspecified atom stereocenters. The quantitative estimate of drug-likeness (QED) is 0.920. The number of benzene rings is 1. The average Bonchev–Trinajstić information content (AvgIpc) is 2.76. The molecule has 0 bridgehead atoms. The molecule has 1 aliphatic rings. The number of para-hydroxylation sites is 1. The van der Waals surface area contributed by atoms with E-state index in [2.05, 4.69) is 24.0 Å². The predicted molar refractivity (Wildman–Crippen MR) is 78.0 cm³/mol. The Labute approximate surface area is 114 Å². The van der Waals surface area contributed by atoms with Gasteiger partial charge in [-0.25, -0.2) is 0 Å².